The molecule has 2 bridgehead atoms. The third-order valence-electron chi connectivity index (χ3n) is 7.17. The van der Waals surface area contributed by atoms with Crippen LogP contribution in [0.2, 0.25) is 0 Å². The Morgan fingerprint density at radius 2 is 1.67 bits per heavy atom. The minimum Gasteiger partial charge on any atom is -0.323 e. The summed E-state index contributed by atoms with van der Waals surface area (Å²) in [6.07, 6.45) is 6.85. The van der Waals surface area contributed by atoms with Crippen LogP contribution in [-0.2, 0) is 0 Å². The third kappa shape index (κ3) is 2.48. The zero-order chi connectivity index (χ0) is 18.0. The van der Waals surface area contributed by atoms with Crippen molar-refractivity contribution in [2.45, 2.75) is 57.0 Å². The summed E-state index contributed by atoms with van der Waals surface area (Å²) in [4.78, 5) is 7.96. The summed E-state index contributed by atoms with van der Waals surface area (Å²) < 4.78 is 2.60. The Morgan fingerprint density at radius 3 is 2.44 bits per heavy atom. The lowest BCUT2D eigenvalue weighted by Gasteiger charge is -2.37. The summed E-state index contributed by atoms with van der Waals surface area (Å²) in [7, 11) is 0. The van der Waals surface area contributed by atoms with Crippen molar-refractivity contribution < 1.29 is 0 Å². The van der Waals surface area contributed by atoms with Gasteiger partial charge in [-0.25, -0.2) is 4.98 Å². The van der Waals surface area contributed by atoms with Crippen LogP contribution in [0, 0.1) is 6.92 Å². The highest BCUT2D eigenvalue weighted by Crippen LogP contribution is 2.43. The molecule has 3 heteroatoms. The maximum Gasteiger partial charge on any atom is 0.114 e. The fraction of sp³-hybridized carbons (Fsp3) is 0.458. The Labute approximate surface area is 161 Å². The van der Waals surface area contributed by atoms with E-state index in [2.05, 4.69) is 58.9 Å². The van der Waals surface area contributed by atoms with Crippen LogP contribution in [0.4, 0.5) is 0 Å². The molecule has 4 aliphatic rings. The van der Waals surface area contributed by atoms with Gasteiger partial charge in [0.2, 0.25) is 0 Å². The molecule has 2 fully saturated rings. The molecule has 1 aliphatic carbocycles. The molecule has 2 aromatic carbocycles. The number of benzene rings is 2. The van der Waals surface area contributed by atoms with Gasteiger partial charge in [-0.15, -0.1) is 0 Å². The van der Waals surface area contributed by atoms with Gasteiger partial charge in [0.05, 0.1) is 11.0 Å². The SMILES string of the molecule is Cc1ccc(-c2ccc3c(c2)nc2n3C3CCC2CN(C2CCC2)C3)cc1. The molecule has 3 aromatic rings. The molecule has 2 atom stereocenters. The second kappa shape index (κ2) is 5.93. The molecule has 138 valence electrons. The Kier molecular flexibility index (Phi) is 3.49. The van der Waals surface area contributed by atoms with Crippen molar-refractivity contribution in [1.82, 2.24) is 14.5 Å². The fourth-order valence-corrected chi connectivity index (χ4v) is 5.39. The fourth-order valence-electron chi connectivity index (χ4n) is 5.39. The summed E-state index contributed by atoms with van der Waals surface area (Å²) in [6.45, 7) is 4.58. The maximum atomic E-state index is 5.17. The standard InChI is InChI=1S/C24H27N3/c1-16-5-7-17(8-6-16)18-10-12-23-22(13-18)25-24-19-9-11-21(27(23)24)15-26(14-19)20-3-2-4-20/h5-8,10,12-13,19-21H,2-4,9,11,14-15H2,1H3. The van der Waals surface area contributed by atoms with Gasteiger partial charge >= 0.3 is 0 Å². The van der Waals surface area contributed by atoms with E-state index in [0.29, 0.717) is 12.0 Å². The van der Waals surface area contributed by atoms with Crippen LogP contribution >= 0.6 is 0 Å². The smallest absolute Gasteiger partial charge is 0.114 e. The van der Waals surface area contributed by atoms with Crippen LogP contribution in [0.25, 0.3) is 22.2 Å². The van der Waals surface area contributed by atoms with Crippen molar-refractivity contribution >= 4 is 11.0 Å². The molecule has 0 N–H and O–H groups in total. The van der Waals surface area contributed by atoms with E-state index in [0.717, 1.165) is 6.04 Å². The summed E-state index contributed by atoms with van der Waals surface area (Å²) in [5, 5.41) is 0. The van der Waals surface area contributed by atoms with Gasteiger partial charge in [0.1, 0.15) is 5.82 Å². The van der Waals surface area contributed by atoms with Crippen LogP contribution in [0.15, 0.2) is 42.5 Å². The summed E-state index contributed by atoms with van der Waals surface area (Å²) in [5.74, 6) is 1.96. The first-order valence-corrected chi connectivity index (χ1v) is 10.6. The van der Waals surface area contributed by atoms with Crippen LogP contribution < -0.4 is 0 Å². The first-order valence-electron chi connectivity index (χ1n) is 10.6. The molecule has 4 heterocycles. The second-order valence-electron chi connectivity index (χ2n) is 8.88. The van der Waals surface area contributed by atoms with Gasteiger partial charge in [-0.2, -0.15) is 0 Å². The number of fused-ring (bicyclic) bond motifs is 4. The quantitative estimate of drug-likeness (QED) is 0.621. The largest absolute Gasteiger partial charge is 0.323 e. The van der Waals surface area contributed by atoms with E-state index in [1.54, 1.807) is 0 Å². The number of hydrogen-bond donors (Lipinski definition) is 0. The topological polar surface area (TPSA) is 21.1 Å². The average Bonchev–Trinajstić information content (AvgIpc) is 2.82. The zero-order valence-electron chi connectivity index (χ0n) is 16.1. The van der Waals surface area contributed by atoms with Crippen LogP contribution in [0.1, 0.15) is 55.5 Å². The van der Waals surface area contributed by atoms with Gasteiger partial charge in [0, 0.05) is 31.1 Å². The first kappa shape index (κ1) is 15.9. The molecule has 3 nitrogen and oxygen atoms in total. The lowest BCUT2D eigenvalue weighted by atomic mass is 9.91. The van der Waals surface area contributed by atoms with Crippen molar-refractivity contribution in [2.75, 3.05) is 13.1 Å². The Balaban J connectivity index is 1.41. The van der Waals surface area contributed by atoms with Gasteiger partial charge in [-0.1, -0.05) is 42.3 Å². The summed E-state index contributed by atoms with van der Waals surface area (Å²) >= 11 is 0. The van der Waals surface area contributed by atoms with Gasteiger partial charge in [-0.3, -0.25) is 4.90 Å². The zero-order valence-corrected chi connectivity index (χ0v) is 16.1. The van der Waals surface area contributed by atoms with E-state index in [1.807, 2.05) is 0 Å². The molecule has 0 amide bonds. The molecule has 27 heavy (non-hydrogen) atoms. The van der Waals surface area contributed by atoms with Gasteiger partial charge in [-0.05, 0) is 55.9 Å². The Morgan fingerprint density at radius 1 is 0.852 bits per heavy atom. The molecular formula is C24H27N3. The average molecular weight is 358 g/mol. The molecule has 0 radical (unpaired) electrons. The molecule has 1 aromatic heterocycles. The lowest BCUT2D eigenvalue weighted by Crippen LogP contribution is -2.42. The minimum absolute atomic E-state index is 0.606. The molecule has 3 aliphatic heterocycles. The van der Waals surface area contributed by atoms with E-state index in [9.17, 15) is 0 Å². The normalized spacial score (nSPS) is 25.4. The van der Waals surface area contributed by atoms with E-state index >= 15 is 0 Å². The predicted molar refractivity (Wildman–Crippen MR) is 110 cm³/mol. The second-order valence-corrected chi connectivity index (χ2v) is 8.88. The number of aromatic nitrogens is 2. The molecule has 0 spiro atoms. The van der Waals surface area contributed by atoms with Crippen molar-refractivity contribution in [3.8, 4) is 11.1 Å². The van der Waals surface area contributed by atoms with E-state index in [4.69, 9.17) is 4.98 Å². The Hall–Kier alpha value is -2.13. The van der Waals surface area contributed by atoms with Crippen molar-refractivity contribution in [3.63, 3.8) is 0 Å². The van der Waals surface area contributed by atoms with Crippen molar-refractivity contribution in [3.05, 3.63) is 53.9 Å². The molecule has 2 unspecified atom stereocenters. The van der Waals surface area contributed by atoms with Gasteiger partial charge in [0.25, 0.3) is 0 Å². The van der Waals surface area contributed by atoms with E-state index < -0.39 is 0 Å². The molecule has 1 saturated heterocycles. The number of imidazole rings is 1. The number of rotatable bonds is 2. The first-order chi connectivity index (χ1) is 13.3. The summed E-state index contributed by atoms with van der Waals surface area (Å²) in [5.41, 5.74) is 6.38. The van der Waals surface area contributed by atoms with Crippen LogP contribution in [-0.4, -0.2) is 33.6 Å². The number of aryl methyl sites for hydroxylation is 1. The predicted octanol–water partition coefficient (Wildman–Crippen LogP) is 5.30. The Bertz CT molecular complexity index is 996. The highest BCUT2D eigenvalue weighted by atomic mass is 15.3. The van der Waals surface area contributed by atoms with Gasteiger partial charge in [0.15, 0.2) is 0 Å². The van der Waals surface area contributed by atoms with Crippen molar-refractivity contribution in [1.29, 1.82) is 0 Å². The van der Waals surface area contributed by atoms with Crippen LogP contribution in [0.5, 0.6) is 0 Å². The highest BCUT2D eigenvalue weighted by Gasteiger charge is 2.39. The van der Waals surface area contributed by atoms with Crippen molar-refractivity contribution in [2.24, 2.45) is 0 Å². The molecular weight excluding hydrogens is 330 g/mol. The highest BCUT2D eigenvalue weighted by molar-refractivity contribution is 5.83. The molecule has 1 saturated carbocycles. The number of hydrogen-bond acceptors (Lipinski definition) is 2. The van der Waals surface area contributed by atoms with E-state index in [1.165, 1.54) is 78.7 Å². The molecule has 7 rings (SSSR count). The third-order valence-corrected chi connectivity index (χ3v) is 7.17. The number of nitrogens with zero attached hydrogens (tertiary/aromatic N) is 3. The minimum atomic E-state index is 0.606. The van der Waals surface area contributed by atoms with Crippen LogP contribution in [0.3, 0.4) is 0 Å². The van der Waals surface area contributed by atoms with Gasteiger partial charge < -0.3 is 4.57 Å². The lowest BCUT2D eigenvalue weighted by molar-refractivity contribution is 0.121. The summed E-state index contributed by atoms with van der Waals surface area (Å²) in [6, 6.07) is 17.2. The van der Waals surface area contributed by atoms with E-state index in [-0.39, 0.29) is 0 Å². The maximum absolute atomic E-state index is 5.17. The monoisotopic (exact) mass is 357 g/mol.